The van der Waals surface area contributed by atoms with Gasteiger partial charge in [-0.2, -0.15) is 0 Å². The number of fused-ring (bicyclic) bond motifs is 3. The van der Waals surface area contributed by atoms with Gasteiger partial charge in [0, 0.05) is 19.1 Å². The molecule has 4 rings (SSSR count). The molecule has 2 aromatic carbocycles. The number of hydrogen-bond acceptors (Lipinski definition) is 4. The molecule has 2 atom stereocenters. The predicted molar refractivity (Wildman–Crippen MR) is 103 cm³/mol. The van der Waals surface area contributed by atoms with Gasteiger partial charge in [-0.15, -0.1) is 0 Å². The van der Waals surface area contributed by atoms with E-state index in [2.05, 4.69) is 17.4 Å². The maximum Gasteiger partial charge on any atom is 0.407 e. The molecule has 2 aromatic rings. The number of ether oxygens (including phenoxy) is 2. The number of hydrogen-bond donors (Lipinski definition) is 2. The van der Waals surface area contributed by atoms with Crippen molar-refractivity contribution < 1.29 is 24.2 Å². The SMILES string of the molecule is O=C(N[C@H](CC1CCOC1)C(=O)O)OCC1c2ccccc2-c2ccccc21. The van der Waals surface area contributed by atoms with Gasteiger partial charge in [-0.25, -0.2) is 9.59 Å². The summed E-state index contributed by atoms with van der Waals surface area (Å²) < 4.78 is 10.7. The van der Waals surface area contributed by atoms with Crippen molar-refractivity contribution in [3.63, 3.8) is 0 Å². The summed E-state index contributed by atoms with van der Waals surface area (Å²) in [5.41, 5.74) is 4.54. The third-order valence-corrected chi connectivity index (χ3v) is 5.53. The number of rotatable bonds is 6. The van der Waals surface area contributed by atoms with Gasteiger partial charge in [0.1, 0.15) is 12.6 Å². The van der Waals surface area contributed by atoms with E-state index in [1.54, 1.807) is 0 Å². The minimum atomic E-state index is -1.06. The van der Waals surface area contributed by atoms with Gasteiger partial charge in [0.15, 0.2) is 0 Å². The molecular formula is C22H23NO5. The van der Waals surface area contributed by atoms with Crippen LogP contribution in [0.5, 0.6) is 0 Å². The Kier molecular flexibility index (Phi) is 5.30. The van der Waals surface area contributed by atoms with Crippen LogP contribution in [0.15, 0.2) is 48.5 Å². The van der Waals surface area contributed by atoms with Gasteiger partial charge in [-0.05, 0) is 41.0 Å². The maximum absolute atomic E-state index is 12.3. The van der Waals surface area contributed by atoms with E-state index in [9.17, 15) is 14.7 Å². The monoisotopic (exact) mass is 381 g/mol. The molecule has 0 aromatic heterocycles. The molecule has 0 saturated carbocycles. The number of carbonyl (C=O) groups is 2. The van der Waals surface area contributed by atoms with Gasteiger partial charge < -0.3 is 19.9 Å². The lowest BCUT2D eigenvalue weighted by Crippen LogP contribution is -2.42. The molecule has 1 saturated heterocycles. The van der Waals surface area contributed by atoms with Crippen LogP contribution in [-0.4, -0.2) is 43.0 Å². The largest absolute Gasteiger partial charge is 0.480 e. The first kappa shape index (κ1) is 18.5. The molecule has 6 heteroatoms. The second-order valence-electron chi connectivity index (χ2n) is 7.33. The Morgan fingerprint density at radius 3 is 2.32 bits per heavy atom. The van der Waals surface area contributed by atoms with E-state index in [-0.39, 0.29) is 18.4 Å². The van der Waals surface area contributed by atoms with Crippen LogP contribution in [0, 0.1) is 5.92 Å². The highest BCUT2D eigenvalue weighted by Crippen LogP contribution is 2.44. The van der Waals surface area contributed by atoms with Crippen LogP contribution in [0.2, 0.25) is 0 Å². The standard InChI is InChI=1S/C22H23NO5/c24-21(25)20(11-14-9-10-27-12-14)23-22(26)28-13-19-17-7-3-1-5-15(17)16-6-2-4-8-18(16)19/h1-8,14,19-20H,9-13H2,(H,23,26)(H,24,25)/t14?,20-/m1/s1. The van der Waals surface area contributed by atoms with Crippen LogP contribution < -0.4 is 5.32 Å². The van der Waals surface area contributed by atoms with Crippen molar-refractivity contribution >= 4 is 12.1 Å². The minimum Gasteiger partial charge on any atom is -0.480 e. The molecule has 146 valence electrons. The van der Waals surface area contributed by atoms with Gasteiger partial charge in [0.05, 0.1) is 0 Å². The van der Waals surface area contributed by atoms with E-state index in [0.717, 1.165) is 28.7 Å². The quantitative estimate of drug-likeness (QED) is 0.801. The fourth-order valence-electron chi connectivity index (χ4n) is 4.11. The number of carboxylic acids is 1. The van der Waals surface area contributed by atoms with Crippen LogP contribution in [0.25, 0.3) is 11.1 Å². The van der Waals surface area contributed by atoms with Crippen molar-refractivity contribution in [2.24, 2.45) is 5.92 Å². The molecule has 0 radical (unpaired) electrons. The van der Waals surface area contributed by atoms with Gasteiger partial charge >= 0.3 is 12.1 Å². The second-order valence-corrected chi connectivity index (χ2v) is 7.33. The van der Waals surface area contributed by atoms with E-state index in [1.807, 2.05) is 36.4 Å². The van der Waals surface area contributed by atoms with Crippen molar-refractivity contribution in [1.82, 2.24) is 5.32 Å². The highest BCUT2D eigenvalue weighted by atomic mass is 16.5. The number of aliphatic carboxylic acids is 1. The number of alkyl carbamates (subject to hydrolysis) is 1. The van der Waals surface area contributed by atoms with Gasteiger partial charge in [0.2, 0.25) is 0 Å². The van der Waals surface area contributed by atoms with Crippen LogP contribution >= 0.6 is 0 Å². The van der Waals surface area contributed by atoms with E-state index in [1.165, 1.54) is 0 Å². The Balaban J connectivity index is 1.41. The third kappa shape index (κ3) is 3.73. The van der Waals surface area contributed by atoms with E-state index in [0.29, 0.717) is 19.6 Å². The number of benzene rings is 2. The lowest BCUT2D eigenvalue weighted by atomic mass is 9.98. The average molecular weight is 381 g/mol. The lowest BCUT2D eigenvalue weighted by Gasteiger charge is -2.19. The van der Waals surface area contributed by atoms with E-state index in [4.69, 9.17) is 9.47 Å². The summed E-state index contributed by atoms with van der Waals surface area (Å²) in [7, 11) is 0. The second kappa shape index (κ2) is 8.02. The molecule has 1 aliphatic carbocycles. The molecule has 2 aliphatic rings. The Hall–Kier alpha value is -2.86. The first-order valence-corrected chi connectivity index (χ1v) is 9.55. The summed E-state index contributed by atoms with van der Waals surface area (Å²) in [5.74, 6) is -0.958. The summed E-state index contributed by atoms with van der Waals surface area (Å²) in [6.07, 6.45) is 0.462. The molecule has 1 unspecified atom stereocenters. The normalized spacial score (nSPS) is 18.9. The van der Waals surface area contributed by atoms with Crippen molar-refractivity contribution in [2.45, 2.75) is 24.8 Å². The molecular weight excluding hydrogens is 358 g/mol. The first-order valence-electron chi connectivity index (χ1n) is 9.55. The number of carboxylic acid groups (broad SMARTS) is 1. The topological polar surface area (TPSA) is 84.9 Å². The van der Waals surface area contributed by atoms with E-state index >= 15 is 0 Å². The predicted octanol–water partition coefficient (Wildman–Crippen LogP) is 3.40. The van der Waals surface area contributed by atoms with Crippen LogP contribution in [0.4, 0.5) is 4.79 Å². The first-order chi connectivity index (χ1) is 13.6. The average Bonchev–Trinajstić information content (AvgIpc) is 3.32. The molecule has 1 aliphatic heterocycles. The molecule has 1 fully saturated rings. The minimum absolute atomic E-state index is 0.0512. The molecule has 28 heavy (non-hydrogen) atoms. The summed E-state index contributed by atoms with van der Waals surface area (Å²) >= 11 is 0. The van der Waals surface area contributed by atoms with Crippen molar-refractivity contribution in [3.8, 4) is 11.1 Å². The zero-order chi connectivity index (χ0) is 19.5. The Bertz CT molecular complexity index is 829. The van der Waals surface area contributed by atoms with Crippen LogP contribution in [-0.2, 0) is 14.3 Å². The molecule has 2 N–H and O–H groups in total. The summed E-state index contributed by atoms with van der Waals surface area (Å²) in [5, 5.41) is 11.9. The Labute approximate surface area is 163 Å². The van der Waals surface area contributed by atoms with Gasteiger partial charge in [-0.1, -0.05) is 48.5 Å². The van der Waals surface area contributed by atoms with E-state index < -0.39 is 18.1 Å². The van der Waals surface area contributed by atoms with Crippen LogP contribution in [0.3, 0.4) is 0 Å². The molecule has 1 heterocycles. The number of amides is 1. The van der Waals surface area contributed by atoms with Gasteiger partial charge in [0.25, 0.3) is 0 Å². The molecule has 0 spiro atoms. The molecule has 1 amide bonds. The van der Waals surface area contributed by atoms with Gasteiger partial charge in [-0.3, -0.25) is 0 Å². The maximum atomic E-state index is 12.3. The summed E-state index contributed by atoms with van der Waals surface area (Å²) in [6, 6.07) is 15.2. The number of nitrogens with one attached hydrogen (secondary N) is 1. The lowest BCUT2D eigenvalue weighted by molar-refractivity contribution is -0.139. The summed E-state index contributed by atoms with van der Waals surface area (Å²) in [4.78, 5) is 23.8. The van der Waals surface area contributed by atoms with Crippen molar-refractivity contribution in [1.29, 1.82) is 0 Å². The number of carbonyl (C=O) groups excluding carboxylic acids is 1. The fourth-order valence-corrected chi connectivity index (χ4v) is 4.11. The summed E-state index contributed by atoms with van der Waals surface area (Å²) in [6.45, 7) is 1.34. The van der Waals surface area contributed by atoms with Crippen molar-refractivity contribution in [2.75, 3.05) is 19.8 Å². The highest BCUT2D eigenvalue weighted by molar-refractivity contribution is 5.81. The van der Waals surface area contributed by atoms with Crippen molar-refractivity contribution in [3.05, 3.63) is 59.7 Å². The Morgan fingerprint density at radius 1 is 1.11 bits per heavy atom. The highest BCUT2D eigenvalue weighted by Gasteiger charge is 2.30. The van der Waals surface area contributed by atoms with Crippen LogP contribution in [0.1, 0.15) is 29.9 Å². The fraction of sp³-hybridized carbons (Fsp3) is 0.364. The zero-order valence-electron chi connectivity index (χ0n) is 15.5. The Morgan fingerprint density at radius 2 is 1.75 bits per heavy atom. The molecule has 0 bridgehead atoms. The third-order valence-electron chi connectivity index (χ3n) is 5.53. The smallest absolute Gasteiger partial charge is 0.407 e. The zero-order valence-corrected chi connectivity index (χ0v) is 15.5. The molecule has 6 nitrogen and oxygen atoms in total.